The van der Waals surface area contributed by atoms with Crippen LogP contribution in [-0.2, 0) is 39.8 Å². The number of benzene rings is 1. The highest BCUT2D eigenvalue weighted by molar-refractivity contribution is 7.09. The van der Waals surface area contributed by atoms with E-state index in [0.29, 0.717) is 36.8 Å². The fourth-order valence-electron chi connectivity index (χ4n) is 5.76. The highest BCUT2D eigenvalue weighted by atomic mass is 32.1. The van der Waals surface area contributed by atoms with Gasteiger partial charge in [0.15, 0.2) is 6.10 Å². The number of aromatic hydroxyl groups is 1. The lowest BCUT2D eigenvalue weighted by atomic mass is 9.95. The largest absolute Gasteiger partial charge is 0.506 e. The highest BCUT2D eigenvalue weighted by Gasteiger charge is 2.31. The predicted octanol–water partition coefficient (Wildman–Crippen LogP) is 4.80. The molecule has 1 aromatic carbocycles. The maximum atomic E-state index is 13.6. The predicted molar refractivity (Wildman–Crippen MR) is 210 cm³/mol. The summed E-state index contributed by atoms with van der Waals surface area (Å²) in [6.07, 6.45) is 1.07. The third kappa shape index (κ3) is 17.1. The summed E-state index contributed by atoms with van der Waals surface area (Å²) in [7, 11) is 3.59. The number of likely N-dealkylation sites (N-methyl/N-ethyl adjacent to an activating group) is 1. The summed E-state index contributed by atoms with van der Waals surface area (Å²) in [6, 6.07) is 3.70. The second-order valence-corrected chi connectivity index (χ2v) is 15.2. The van der Waals surface area contributed by atoms with Crippen molar-refractivity contribution >= 4 is 46.7 Å². The molecule has 1 aromatic heterocycles. The van der Waals surface area contributed by atoms with Crippen molar-refractivity contribution in [2.24, 2.45) is 17.8 Å². The number of rotatable bonds is 26. The van der Waals surface area contributed by atoms with Gasteiger partial charge in [0.05, 0.1) is 44.5 Å². The molecule has 3 amide bonds. The number of amides is 3. The monoisotopic (exact) mass is 791 g/mol. The number of anilines is 1. The van der Waals surface area contributed by atoms with Gasteiger partial charge in [-0.3, -0.25) is 24.0 Å². The van der Waals surface area contributed by atoms with Crippen molar-refractivity contribution in [3.63, 3.8) is 0 Å². The summed E-state index contributed by atoms with van der Waals surface area (Å²) in [4.78, 5) is 69.5. The van der Waals surface area contributed by atoms with Crippen molar-refractivity contribution in [2.45, 2.75) is 98.3 Å². The first-order chi connectivity index (χ1) is 26.1. The van der Waals surface area contributed by atoms with Crippen LogP contribution in [0.4, 0.5) is 5.69 Å². The lowest BCUT2D eigenvalue weighted by molar-refractivity contribution is -0.148. The van der Waals surface area contributed by atoms with Crippen molar-refractivity contribution in [3.8, 4) is 5.75 Å². The van der Waals surface area contributed by atoms with Gasteiger partial charge >= 0.3 is 11.9 Å². The molecule has 2 unspecified atom stereocenters. The zero-order valence-electron chi connectivity index (χ0n) is 33.5. The van der Waals surface area contributed by atoms with Crippen molar-refractivity contribution in [1.82, 2.24) is 20.5 Å². The number of carbonyl (C=O) groups is 5. The number of phenolic OH excluding ortho intramolecular Hbond substituents is 1. The van der Waals surface area contributed by atoms with E-state index < -0.39 is 35.9 Å². The SMILES string of the molecule is CC[C@H](C)CC(=O)N(C)C(C[C@@H](OC(C)=O)c1nc(C(=O)N[C@@H](Cc2ccc(O)c(NC(=O)CCOCCOCCNC)c2)CC(C)C(=O)O)cs1)C(C)C. The Morgan fingerprint density at radius 2 is 1.69 bits per heavy atom. The van der Waals surface area contributed by atoms with Gasteiger partial charge in [0.25, 0.3) is 5.91 Å². The van der Waals surface area contributed by atoms with Gasteiger partial charge in [-0.1, -0.05) is 47.1 Å². The first kappa shape index (κ1) is 47.0. The Morgan fingerprint density at radius 3 is 2.31 bits per heavy atom. The second kappa shape index (κ2) is 24.4. The summed E-state index contributed by atoms with van der Waals surface area (Å²) in [6.45, 7) is 13.1. The van der Waals surface area contributed by atoms with E-state index in [1.54, 1.807) is 36.4 Å². The Balaban J connectivity index is 2.19. The first-order valence-electron chi connectivity index (χ1n) is 18.9. The van der Waals surface area contributed by atoms with Crippen LogP contribution in [0.25, 0.3) is 0 Å². The molecular weight excluding hydrogens is 731 g/mol. The zero-order valence-corrected chi connectivity index (χ0v) is 34.3. The number of thiazole rings is 1. The average molecular weight is 792 g/mol. The molecule has 16 heteroatoms. The van der Waals surface area contributed by atoms with Gasteiger partial charge in [0.2, 0.25) is 11.8 Å². The molecule has 0 radical (unpaired) electrons. The number of aliphatic carboxylic acids is 1. The number of ether oxygens (including phenoxy) is 3. The number of nitrogens with zero attached hydrogens (tertiary/aromatic N) is 2. The summed E-state index contributed by atoms with van der Waals surface area (Å²) in [5.41, 5.74) is 0.867. The number of carboxylic acid groups (broad SMARTS) is 1. The molecule has 0 saturated carbocycles. The Hall–Kier alpha value is -4.12. The van der Waals surface area contributed by atoms with Gasteiger partial charge in [0, 0.05) is 50.8 Å². The molecule has 0 spiro atoms. The molecule has 1 heterocycles. The van der Waals surface area contributed by atoms with E-state index in [2.05, 4.69) is 20.9 Å². The zero-order chi connectivity index (χ0) is 41.1. The summed E-state index contributed by atoms with van der Waals surface area (Å²) < 4.78 is 16.5. The molecule has 0 aliphatic rings. The average Bonchev–Trinajstić information content (AvgIpc) is 3.62. The van der Waals surface area contributed by atoms with Crippen molar-refractivity contribution in [3.05, 3.63) is 39.8 Å². The number of aromatic nitrogens is 1. The molecule has 15 nitrogen and oxygen atoms in total. The van der Waals surface area contributed by atoms with Crippen LogP contribution in [0.3, 0.4) is 0 Å². The van der Waals surface area contributed by atoms with Crippen LogP contribution in [0, 0.1) is 17.8 Å². The standard InChI is InChI=1S/C39H61N5O10S/c1-9-25(4)18-36(48)44(8)32(24(2)3)22-34(54-27(6)45)38-43-31(23-55-38)37(49)41-29(19-26(5)39(50)51)20-28-10-11-33(46)30(21-28)42-35(47)12-14-52-16-17-53-15-13-40-7/h10-11,21,23-26,29,32,34,40,46H,9,12-20,22H2,1-8H3,(H,41,49)(H,42,47)(H,50,51)/t25-,26?,29+,32?,34+/m0/s1. The van der Waals surface area contributed by atoms with Crippen LogP contribution in [0.5, 0.6) is 5.75 Å². The van der Waals surface area contributed by atoms with Crippen molar-refractivity contribution in [2.75, 3.05) is 52.4 Å². The van der Waals surface area contributed by atoms with Crippen LogP contribution in [0.15, 0.2) is 23.6 Å². The summed E-state index contributed by atoms with van der Waals surface area (Å²) in [5, 5.41) is 30.6. The second-order valence-electron chi connectivity index (χ2n) is 14.3. The number of esters is 1. The third-order valence-electron chi connectivity index (χ3n) is 9.23. The molecule has 0 aliphatic carbocycles. The molecule has 0 saturated heterocycles. The van der Waals surface area contributed by atoms with E-state index in [4.69, 9.17) is 14.2 Å². The summed E-state index contributed by atoms with van der Waals surface area (Å²) >= 11 is 1.15. The third-order valence-corrected chi connectivity index (χ3v) is 10.2. The molecule has 5 N–H and O–H groups in total. The summed E-state index contributed by atoms with van der Waals surface area (Å²) in [5.74, 6) is -3.17. The van der Waals surface area contributed by atoms with Gasteiger partial charge < -0.3 is 45.3 Å². The number of nitrogens with one attached hydrogen (secondary N) is 3. The Labute approximate surface area is 328 Å². The number of carbonyl (C=O) groups excluding carboxylic acids is 4. The molecule has 55 heavy (non-hydrogen) atoms. The van der Waals surface area contributed by atoms with E-state index in [0.717, 1.165) is 24.3 Å². The molecule has 308 valence electrons. The number of hydrogen-bond donors (Lipinski definition) is 5. The minimum absolute atomic E-state index is 0.00122. The Kier molecular flexibility index (Phi) is 20.9. The molecule has 0 fully saturated rings. The van der Waals surface area contributed by atoms with Crippen LogP contribution in [-0.4, -0.2) is 109 Å². The van der Waals surface area contributed by atoms with E-state index in [9.17, 15) is 34.2 Å². The van der Waals surface area contributed by atoms with Gasteiger partial charge in [-0.15, -0.1) is 11.3 Å². The van der Waals surface area contributed by atoms with Crippen molar-refractivity contribution < 1.29 is 48.4 Å². The van der Waals surface area contributed by atoms with Gasteiger partial charge in [-0.25, -0.2) is 4.98 Å². The Bertz CT molecular complexity index is 1540. The lowest BCUT2D eigenvalue weighted by Crippen LogP contribution is -2.42. The van der Waals surface area contributed by atoms with E-state index >= 15 is 0 Å². The first-order valence-corrected chi connectivity index (χ1v) is 19.8. The van der Waals surface area contributed by atoms with E-state index in [1.807, 2.05) is 34.7 Å². The molecule has 5 atom stereocenters. The van der Waals surface area contributed by atoms with Gasteiger partial charge in [-0.2, -0.15) is 0 Å². The smallest absolute Gasteiger partial charge is 0.306 e. The molecule has 2 aromatic rings. The molecular formula is C39H61N5O10S. The van der Waals surface area contributed by atoms with Crippen LogP contribution < -0.4 is 16.0 Å². The fourth-order valence-corrected chi connectivity index (χ4v) is 6.60. The topological polar surface area (TPSA) is 206 Å². The minimum atomic E-state index is -1.03. The molecule has 2 rings (SSSR count). The number of phenols is 1. The van der Waals surface area contributed by atoms with Crippen LogP contribution in [0.1, 0.15) is 101 Å². The van der Waals surface area contributed by atoms with Gasteiger partial charge in [0.1, 0.15) is 16.5 Å². The lowest BCUT2D eigenvalue weighted by Gasteiger charge is -2.34. The molecule has 0 aliphatic heterocycles. The Morgan fingerprint density at radius 1 is 1.00 bits per heavy atom. The highest BCUT2D eigenvalue weighted by Crippen LogP contribution is 2.31. The number of carboxylic acids is 1. The minimum Gasteiger partial charge on any atom is -0.506 e. The number of hydrogen-bond acceptors (Lipinski definition) is 12. The fraction of sp³-hybridized carbons (Fsp3) is 0.641. The maximum Gasteiger partial charge on any atom is 0.306 e. The van der Waals surface area contributed by atoms with Crippen LogP contribution >= 0.6 is 11.3 Å². The quantitative estimate of drug-likeness (QED) is 0.0496. The maximum absolute atomic E-state index is 13.6. The molecule has 0 bridgehead atoms. The van der Waals surface area contributed by atoms with E-state index in [1.165, 1.54) is 13.0 Å². The van der Waals surface area contributed by atoms with Crippen molar-refractivity contribution in [1.29, 1.82) is 0 Å². The van der Waals surface area contributed by atoms with Gasteiger partial charge in [-0.05, 0) is 49.4 Å². The van der Waals surface area contributed by atoms with E-state index in [-0.39, 0.29) is 79.1 Å². The van der Waals surface area contributed by atoms with Crippen LogP contribution in [0.2, 0.25) is 0 Å². The normalized spacial score (nSPS) is 14.1.